The second-order valence-corrected chi connectivity index (χ2v) is 5.51. The molecule has 2 aliphatic rings. The molecule has 2 rings (SSSR count). The lowest BCUT2D eigenvalue weighted by molar-refractivity contribution is 0.204. The minimum absolute atomic E-state index is 1.34. The molecular formula is C14H28N2. The van der Waals surface area contributed by atoms with E-state index in [9.17, 15) is 0 Å². The molecule has 16 heavy (non-hydrogen) atoms. The van der Waals surface area contributed by atoms with E-state index in [-0.39, 0.29) is 0 Å². The predicted octanol–water partition coefficient (Wildman–Crippen LogP) is 2.74. The topological polar surface area (TPSA) is 6.48 Å². The summed E-state index contributed by atoms with van der Waals surface area (Å²) in [7, 11) is 0. The van der Waals surface area contributed by atoms with Crippen LogP contribution in [0, 0.1) is 0 Å². The van der Waals surface area contributed by atoms with Crippen molar-refractivity contribution in [3.05, 3.63) is 0 Å². The molecule has 2 aliphatic heterocycles. The minimum atomic E-state index is 1.34. The maximum Gasteiger partial charge on any atom is -0.000655 e. The fourth-order valence-corrected chi connectivity index (χ4v) is 3.06. The van der Waals surface area contributed by atoms with Crippen molar-refractivity contribution in [1.82, 2.24) is 9.80 Å². The first kappa shape index (κ1) is 12.4. The number of nitrogens with zero attached hydrogens (tertiary/aromatic N) is 2. The van der Waals surface area contributed by atoms with Gasteiger partial charge in [0, 0.05) is 0 Å². The zero-order chi connectivity index (χ0) is 11.1. The van der Waals surface area contributed by atoms with Crippen molar-refractivity contribution in [1.29, 1.82) is 0 Å². The number of hydrogen-bond donors (Lipinski definition) is 0. The molecule has 0 unspecified atom stereocenters. The summed E-state index contributed by atoms with van der Waals surface area (Å²) >= 11 is 0. The van der Waals surface area contributed by atoms with Crippen LogP contribution in [0.25, 0.3) is 0 Å². The maximum absolute atomic E-state index is 2.69. The molecule has 0 saturated carbocycles. The van der Waals surface area contributed by atoms with Crippen molar-refractivity contribution in [2.24, 2.45) is 0 Å². The van der Waals surface area contributed by atoms with Gasteiger partial charge in [-0.2, -0.15) is 0 Å². The van der Waals surface area contributed by atoms with Gasteiger partial charge in [0.25, 0.3) is 0 Å². The van der Waals surface area contributed by atoms with Crippen LogP contribution in [0.5, 0.6) is 0 Å². The van der Waals surface area contributed by atoms with Gasteiger partial charge in [-0.05, 0) is 71.4 Å². The third kappa shape index (κ3) is 4.42. The van der Waals surface area contributed by atoms with Crippen molar-refractivity contribution in [3.63, 3.8) is 0 Å². The molecule has 2 fully saturated rings. The molecule has 2 heterocycles. The third-order valence-corrected chi connectivity index (χ3v) is 4.10. The molecule has 2 nitrogen and oxygen atoms in total. The van der Waals surface area contributed by atoms with E-state index in [0.717, 1.165) is 0 Å². The highest BCUT2D eigenvalue weighted by molar-refractivity contribution is 4.67. The van der Waals surface area contributed by atoms with Gasteiger partial charge in [-0.15, -0.1) is 0 Å². The molecule has 2 saturated heterocycles. The molecule has 0 aromatic heterocycles. The van der Waals surface area contributed by atoms with E-state index in [1.165, 1.54) is 90.6 Å². The Morgan fingerprint density at radius 2 is 0.875 bits per heavy atom. The average Bonchev–Trinajstić information content (AvgIpc) is 2.59. The quantitative estimate of drug-likeness (QED) is 0.724. The van der Waals surface area contributed by atoms with Crippen LogP contribution < -0.4 is 0 Å². The molecule has 0 aromatic rings. The zero-order valence-corrected chi connectivity index (χ0v) is 10.8. The molecule has 0 atom stereocenters. The van der Waals surface area contributed by atoms with Gasteiger partial charge < -0.3 is 9.80 Å². The number of piperidine rings is 1. The van der Waals surface area contributed by atoms with Gasteiger partial charge in [0.2, 0.25) is 0 Å². The summed E-state index contributed by atoms with van der Waals surface area (Å²) in [5.74, 6) is 0. The monoisotopic (exact) mass is 224 g/mol. The highest BCUT2D eigenvalue weighted by Crippen LogP contribution is 2.11. The highest BCUT2D eigenvalue weighted by atomic mass is 15.1. The Balaban J connectivity index is 1.55. The Bertz CT molecular complexity index is 168. The highest BCUT2D eigenvalue weighted by Gasteiger charge is 2.11. The van der Waals surface area contributed by atoms with Crippen LogP contribution in [0.1, 0.15) is 51.4 Å². The fourth-order valence-electron chi connectivity index (χ4n) is 3.06. The van der Waals surface area contributed by atoms with Crippen LogP contribution >= 0.6 is 0 Å². The van der Waals surface area contributed by atoms with Gasteiger partial charge >= 0.3 is 0 Å². The van der Waals surface area contributed by atoms with Gasteiger partial charge in [-0.25, -0.2) is 0 Å². The SMILES string of the molecule is C1CCCN(CCCN2CCCCC2)CC1. The van der Waals surface area contributed by atoms with Gasteiger partial charge in [-0.3, -0.25) is 0 Å². The van der Waals surface area contributed by atoms with Crippen LogP contribution in [0.15, 0.2) is 0 Å². The Hall–Kier alpha value is -0.0800. The zero-order valence-electron chi connectivity index (χ0n) is 10.8. The normalized spacial score (nSPS) is 25.5. The van der Waals surface area contributed by atoms with E-state index in [0.29, 0.717) is 0 Å². The summed E-state index contributed by atoms with van der Waals surface area (Å²) < 4.78 is 0. The van der Waals surface area contributed by atoms with Gasteiger partial charge in [0.15, 0.2) is 0 Å². The molecule has 0 spiro atoms. The Morgan fingerprint density at radius 1 is 0.500 bits per heavy atom. The summed E-state index contributed by atoms with van der Waals surface area (Å²) in [4.78, 5) is 5.36. The molecule has 0 N–H and O–H groups in total. The second-order valence-electron chi connectivity index (χ2n) is 5.51. The smallest absolute Gasteiger partial charge is 0.000655 e. The maximum atomic E-state index is 2.69. The first-order chi connectivity index (χ1) is 7.95. The van der Waals surface area contributed by atoms with Crippen LogP contribution in [0.2, 0.25) is 0 Å². The van der Waals surface area contributed by atoms with Gasteiger partial charge in [0.1, 0.15) is 0 Å². The van der Waals surface area contributed by atoms with Crippen molar-refractivity contribution in [3.8, 4) is 0 Å². The van der Waals surface area contributed by atoms with Crippen LogP contribution in [0.3, 0.4) is 0 Å². The molecular weight excluding hydrogens is 196 g/mol. The lowest BCUT2D eigenvalue weighted by Crippen LogP contribution is -2.33. The van der Waals surface area contributed by atoms with Crippen LogP contribution in [0.4, 0.5) is 0 Å². The van der Waals surface area contributed by atoms with E-state index in [2.05, 4.69) is 9.80 Å². The summed E-state index contributed by atoms with van der Waals surface area (Å²) in [5.41, 5.74) is 0. The molecule has 94 valence electrons. The van der Waals surface area contributed by atoms with E-state index < -0.39 is 0 Å². The largest absolute Gasteiger partial charge is 0.303 e. The van der Waals surface area contributed by atoms with Crippen LogP contribution in [-0.2, 0) is 0 Å². The standard InChI is InChI=1S/C14H28N2/c1-2-5-10-15(9-4-1)13-8-14-16-11-6-3-7-12-16/h1-14H2. The first-order valence-corrected chi connectivity index (χ1v) is 7.40. The van der Waals surface area contributed by atoms with E-state index in [4.69, 9.17) is 0 Å². The molecule has 0 radical (unpaired) electrons. The van der Waals surface area contributed by atoms with Crippen molar-refractivity contribution < 1.29 is 0 Å². The molecule has 0 aromatic carbocycles. The summed E-state index contributed by atoms with van der Waals surface area (Å²) in [5, 5.41) is 0. The van der Waals surface area contributed by atoms with E-state index >= 15 is 0 Å². The van der Waals surface area contributed by atoms with E-state index in [1.807, 2.05) is 0 Å². The Kier molecular flexibility index (Phi) is 5.64. The molecule has 0 bridgehead atoms. The van der Waals surface area contributed by atoms with Crippen molar-refractivity contribution in [2.75, 3.05) is 39.3 Å². The predicted molar refractivity (Wildman–Crippen MR) is 69.8 cm³/mol. The molecule has 2 heteroatoms. The number of rotatable bonds is 4. The van der Waals surface area contributed by atoms with Gasteiger partial charge in [0.05, 0.1) is 0 Å². The number of likely N-dealkylation sites (tertiary alicyclic amines) is 2. The summed E-state index contributed by atoms with van der Waals surface area (Å²) in [6.45, 7) is 8.13. The Morgan fingerprint density at radius 3 is 1.31 bits per heavy atom. The third-order valence-electron chi connectivity index (χ3n) is 4.10. The summed E-state index contributed by atoms with van der Waals surface area (Å²) in [6, 6.07) is 0. The average molecular weight is 224 g/mol. The number of hydrogen-bond acceptors (Lipinski definition) is 2. The second kappa shape index (κ2) is 7.29. The lowest BCUT2D eigenvalue weighted by Gasteiger charge is -2.27. The van der Waals surface area contributed by atoms with Crippen molar-refractivity contribution >= 4 is 0 Å². The van der Waals surface area contributed by atoms with Crippen molar-refractivity contribution in [2.45, 2.75) is 51.4 Å². The molecule has 0 aliphatic carbocycles. The Labute approximate surface area is 101 Å². The minimum Gasteiger partial charge on any atom is -0.303 e. The fraction of sp³-hybridized carbons (Fsp3) is 1.00. The lowest BCUT2D eigenvalue weighted by atomic mass is 10.1. The van der Waals surface area contributed by atoms with E-state index in [1.54, 1.807) is 0 Å². The summed E-state index contributed by atoms with van der Waals surface area (Å²) in [6.07, 6.45) is 11.5. The molecule has 0 amide bonds. The van der Waals surface area contributed by atoms with Gasteiger partial charge in [-0.1, -0.05) is 19.3 Å². The first-order valence-electron chi connectivity index (χ1n) is 7.40. The van der Waals surface area contributed by atoms with Crippen LogP contribution in [-0.4, -0.2) is 49.1 Å².